The number of hydrogen-bond acceptors (Lipinski definition) is 3. The maximum absolute atomic E-state index is 6.63. The molecule has 0 N–H and O–H groups in total. The second kappa shape index (κ2) is 7.89. The fourth-order valence-corrected chi connectivity index (χ4v) is 4.97. The molecule has 1 aliphatic rings. The highest BCUT2D eigenvalue weighted by molar-refractivity contribution is 7.65. The van der Waals surface area contributed by atoms with Gasteiger partial charge in [0, 0.05) is 20.5 Å². The Balaban J connectivity index is 2.89. The van der Waals surface area contributed by atoms with Crippen LogP contribution >= 0.6 is 7.94 Å². The lowest BCUT2D eigenvalue weighted by atomic mass is 9.70. The Morgan fingerprint density at radius 2 is 1.36 bits per heavy atom. The number of rotatable bonds is 6. The SMILES string of the molecule is CCCCc1c(C(C)(C)C)cc(C(C)(C)C)c(O[P+]2(CC)OO2)c1C(C)(C)C. The first-order valence-electron chi connectivity index (χ1n) is 10.8. The Morgan fingerprint density at radius 1 is 0.821 bits per heavy atom. The molecule has 1 aromatic rings. The molecule has 1 saturated heterocycles. The predicted molar refractivity (Wildman–Crippen MR) is 121 cm³/mol. The van der Waals surface area contributed by atoms with Crippen molar-refractivity contribution in [2.45, 2.75) is 112 Å². The van der Waals surface area contributed by atoms with E-state index in [1.807, 2.05) is 0 Å². The highest BCUT2D eigenvalue weighted by atomic mass is 31.2. The van der Waals surface area contributed by atoms with Gasteiger partial charge in [-0.2, -0.15) is 0 Å². The van der Waals surface area contributed by atoms with Gasteiger partial charge >= 0.3 is 7.94 Å². The van der Waals surface area contributed by atoms with E-state index in [4.69, 9.17) is 13.9 Å². The van der Waals surface area contributed by atoms with Crippen molar-refractivity contribution in [2.75, 3.05) is 6.16 Å². The van der Waals surface area contributed by atoms with Gasteiger partial charge in [-0.25, -0.2) is 0 Å². The van der Waals surface area contributed by atoms with Crippen molar-refractivity contribution in [1.29, 1.82) is 0 Å². The maximum atomic E-state index is 6.63. The molecule has 0 bridgehead atoms. The molecule has 0 aromatic heterocycles. The fraction of sp³-hybridized carbons (Fsp3) is 0.750. The molecule has 0 unspecified atom stereocenters. The van der Waals surface area contributed by atoms with Gasteiger partial charge in [0.2, 0.25) is 0 Å². The van der Waals surface area contributed by atoms with E-state index in [1.54, 1.807) is 0 Å². The van der Waals surface area contributed by atoms with Crippen LogP contribution in [0.25, 0.3) is 0 Å². The molecule has 160 valence electrons. The summed E-state index contributed by atoms with van der Waals surface area (Å²) in [6, 6.07) is 2.41. The molecule has 0 spiro atoms. The van der Waals surface area contributed by atoms with Crippen LogP contribution in [0.4, 0.5) is 0 Å². The molecule has 0 saturated carbocycles. The van der Waals surface area contributed by atoms with Crippen molar-refractivity contribution in [3.05, 3.63) is 28.3 Å². The van der Waals surface area contributed by atoms with E-state index in [-0.39, 0.29) is 16.2 Å². The van der Waals surface area contributed by atoms with E-state index in [9.17, 15) is 0 Å². The van der Waals surface area contributed by atoms with Crippen molar-refractivity contribution in [1.82, 2.24) is 0 Å². The Kier molecular flexibility index (Phi) is 6.67. The Morgan fingerprint density at radius 3 is 1.71 bits per heavy atom. The van der Waals surface area contributed by atoms with Gasteiger partial charge in [-0.15, -0.1) is 0 Å². The third kappa shape index (κ3) is 5.10. The highest BCUT2D eigenvalue weighted by Crippen LogP contribution is 2.76. The van der Waals surface area contributed by atoms with Gasteiger partial charge in [0.05, 0.1) is 0 Å². The zero-order valence-electron chi connectivity index (χ0n) is 20.1. The van der Waals surface area contributed by atoms with E-state index in [0.29, 0.717) is 0 Å². The van der Waals surface area contributed by atoms with Crippen LogP contribution in [0, 0.1) is 0 Å². The number of unbranched alkanes of at least 4 members (excludes halogenated alkanes) is 1. The summed E-state index contributed by atoms with van der Waals surface area (Å²) in [4.78, 5) is 0. The van der Waals surface area contributed by atoms with Crippen LogP contribution in [0.15, 0.2) is 6.07 Å². The zero-order chi connectivity index (χ0) is 21.5. The summed E-state index contributed by atoms with van der Waals surface area (Å²) >= 11 is 0. The van der Waals surface area contributed by atoms with Crippen molar-refractivity contribution >= 4 is 7.94 Å². The summed E-state index contributed by atoms with van der Waals surface area (Å²) in [5, 5.41) is 0. The van der Waals surface area contributed by atoms with Crippen molar-refractivity contribution in [3.63, 3.8) is 0 Å². The Bertz CT molecular complexity index is 699. The minimum Gasteiger partial charge on any atom is -0.280 e. The second-order valence-electron chi connectivity index (χ2n) is 11.2. The molecule has 4 heteroatoms. The van der Waals surface area contributed by atoms with Gasteiger partial charge in [0.1, 0.15) is 0 Å². The molecule has 2 rings (SSSR count). The number of benzene rings is 1. The van der Waals surface area contributed by atoms with E-state index in [2.05, 4.69) is 82.2 Å². The van der Waals surface area contributed by atoms with E-state index >= 15 is 0 Å². The van der Waals surface area contributed by atoms with Crippen LogP contribution in [-0.2, 0) is 32.0 Å². The molecule has 0 amide bonds. The van der Waals surface area contributed by atoms with Gasteiger partial charge in [-0.05, 0) is 47.1 Å². The van der Waals surface area contributed by atoms with Crippen molar-refractivity contribution < 1.29 is 13.9 Å². The predicted octanol–water partition coefficient (Wildman–Crippen LogP) is 8.04. The van der Waals surface area contributed by atoms with Crippen LogP contribution in [0.1, 0.15) is 111 Å². The summed E-state index contributed by atoms with van der Waals surface area (Å²) in [6.07, 6.45) is 4.21. The monoisotopic (exact) mass is 409 g/mol. The number of hydrogen-bond donors (Lipinski definition) is 0. The van der Waals surface area contributed by atoms with Crippen LogP contribution in [0.5, 0.6) is 5.75 Å². The largest absolute Gasteiger partial charge is 0.536 e. The summed E-state index contributed by atoms with van der Waals surface area (Å²) in [7, 11) is -2.19. The first-order chi connectivity index (χ1) is 12.7. The molecule has 1 fully saturated rings. The van der Waals surface area contributed by atoms with Gasteiger partial charge in [0.25, 0.3) is 0 Å². The molecule has 0 aliphatic carbocycles. The standard InChI is InChI=1S/C24H42O3P/c1-12-14-15-17-18(22(3,4)5)16-19(23(6,7)8)21(20(17)24(9,10)11)25-28(13-2)26-27-28/h16H,12-15H2,1-11H3/q+1. The minimum atomic E-state index is -2.19. The lowest BCUT2D eigenvalue weighted by Crippen LogP contribution is -2.26. The Labute approximate surface area is 174 Å². The molecule has 0 atom stereocenters. The van der Waals surface area contributed by atoms with E-state index in [0.717, 1.165) is 18.3 Å². The normalized spacial score (nSPS) is 17.0. The minimum absolute atomic E-state index is 0.0343. The van der Waals surface area contributed by atoms with Crippen LogP contribution in [0.2, 0.25) is 0 Å². The molecular formula is C24H42O3P+. The lowest BCUT2D eigenvalue weighted by Gasteiger charge is -2.35. The summed E-state index contributed by atoms with van der Waals surface area (Å²) < 4.78 is 17.4. The smallest absolute Gasteiger partial charge is 0.280 e. The summed E-state index contributed by atoms with van der Waals surface area (Å²) in [5.74, 6) is 1.01. The van der Waals surface area contributed by atoms with Crippen LogP contribution in [0.3, 0.4) is 0 Å². The first-order valence-corrected chi connectivity index (χ1v) is 12.6. The topological polar surface area (TPSA) is 34.3 Å². The van der Waals surface area contributed by atoms with Gasteiger partial charge < -0.3 is 0 Å². The van der Waals surface area contributed by atoms with Crippen molar-refractivity contribution in [2.24, 2.45) is 0 Å². The van der Waals surface area contributed by atoms with Gasteiger partial charge in [0.15, 0.2) is 11.9 Å². The lowest BCUT2D eigenvalue weighted by molar-refractivity contribution is 0.0850. The fourth-order valence-electron chi connectivity index (χ4n) is 3.81. The molecule has 0 radical (unpaired) electrons. The molecule has 1 aliphatic heterocycles. The molecule has 28 heavy (non-hydrogen) atoms. The first kappa shape index (κ1) is 23.6. The molecule has 1 aromatic carbocycles. The quantitative estimate of drug-likeness (QED) is 0.271. The van der Waals surface area contributed by atoms with Crippen LogP contribution in [-0.4, -0.2) is 6.16 Å². The maximum Gasteiger partial charge on any atom is 0.536 e. The van der Waals surface area contributed by atoms with Gasteiger partial charge in [-0.3, -0.25) is 4.52 Å². The van der Waals surface area contributed by atoms with E-state index in [1.165, 1.54) is 35.1 Å². The van der Waals surface area contributed by atoms with E-state index < -0.39 is 7.94 Å². The summed E-state index contributed by atoms with van der Waals surface area (Å²) in [6.45, 7) is 25.0. The summed E-state index contributed by atoms with van der Waals surface area (Å²) in [5.41, 5.74) is 5.51. The van der Waals surface area contributed by atoms with Crippen molar-refractivity contribution in [3.8, 4) is 5.75 Å². The third-order valence-electron chi connectivity index (χ3n) is 5.39. The molecule has 3 nitrogen and oxygen atoms in total. The average Bonchev–Trinajstić information content (AvgIpc) is 3.29. The molecular weight excluding hydrogens is 367 g/mol. The average molecular weight is 410 g/mol. The molecule has 1 heterocycles. The zero-order valence-corrected chi connectivity index (χ0v) is 21.0. The Hall–Kier alpha value is -0.630. The highest BCUT2D eigenvalue weighted by Gasteiger charge is 2.67. The van der Waals surface area contributed by atoms with Crippen LogP contribution < -0.4 is 4.52 Å². The second-order valence-corrected chi connectivity index (χ2v) is 13.5. The van der Waals surface area contributed by atoms with Gasteiger partial charge in [-0.1, -0.05) is 81.7 Å². The third-order valence-corrected chi connectivity index (χ3v) is 7.11.